The molecule has 1 amide bonds. The first-order valence-electron chi connectivity index (χ1n) is 13.3. The highest BCUT2D eigenvalue weighted by Gasteiger charge is 2.26. The lowest BCUT2D eigenvalue weighted by Gasteiger charge is -2.20. The van der Waals surface area contributed by atoms with E-state index < -0.39 is 10.0 Å². The number of amides is 1. The Morgan fingerprint density at radius 1 is 1.00 bits per heavy atom. The average molecular weight is 568 g/mol. The van der Waals surface area contributed by atoms with Gasteiger partial charge in [0.15, 0.2) is 0 Å². The molecule has 0 fully saturated rings. The number of anilines is 1. The summed E-state index contributed by atoms with van der Waals surface area (Å²) >= 11 is 3.32. The molecule has 0 radical (unpaired) electrons. The SMILES string of the molecule is CCCCN(CC)S(=O)(=O)c1ccc(C(=O)Nc2sc3c(c2-c2nc4ccccc4s2)CCCCC3)cc1. The predicted octanol–water partition coefficient (Wildman–Crippen LogP) is 7.36. The number of benzene rings is 2. The average Bonchev–Trinajstić information content (AvgIpc) is 3.41. The van der Waals surface area contributed by atoms with Gasteiger partial charge in [0, 0.05) is 29.1 Å². The van der Waals surface area contributed by atoms with E-state index in [9.17, 15) is 13.2 Å². The molecule has 0 unspecified atom stereocenters. The van der Waals surface area contributed by atoms with Crippen molar-refractivity contribution in [3.05, 3.63) is 64.5 Å². The Hall–Kier alpha value is -2.59. The number of para-hydroxylation sites is 1. The molecule has 0 bridgehead atoms. The molecule has 9 heteroatoms. The van der Waals surface area contributed by atoms with Crippen LogP contribution in [0.2, 0.25) is 0 Å². The van der Waals surface area contributed by atoms with Gasteiger partial charge in [-0.25, -0.2) is 13.4 Å². The normalized spacial score (nSPS) is 14.0. The van der Waals surface area contributed by atoms with E-state index in [-0.39, 0.29) is 10.8 Å². The summed E-state index contributed by atoms with van der Waals surface area (Å²) in [5.74, 6) is -0.244. The Kier molecular flexibility index (Phi) is 8.28. The van der Waals surface area contributed by atoms with Crippen molar-refractivity contribution in [2.24, 2.45) is 0 Å². The molecule has 0 spiro atoms. The van der Waals surface area contributed by atoms with Crippen molar-refractivity contribution in [2.75, 3.05) is 18.4 Å². The predicted molar refractivity (Wildman–Crippen MR) is 158 cm³/mol. The minimum absolute atomic E-state index is 0.213. The molecular weight excluding hydrogens is 535 g/mol. The van der Waals surface area contributed by atoms with E-state index in [4.69, 9.17) is 4.98 Å². The van der Waals surface area contributed by atoms with E-state index in [2.05, 4.69) is 11.4 Å². The fourth-order valence-corrected chi connectivity index (χ4v) is 8.80. The fraction of sp³-hybridized carbons (Fsp3) is 0.379. The van der Waals surface area contributed by atoms with E-state index >= 15 is 0 Å². The number of unbranched alkanes of at least 4 members (excludes halogenated alkanes) is 1. The summed E-state index contributed by atoms with van der Waals surface area (Å²) in [5, 5.41) is 4.92. The molecule has 6 nitrogen and oxygen atoms in total. The van der Waals surface area contributed by atoms with Crippen LogP contribution in [-0.2, 0) is 22.9 Å². The summed E-state index contributed by atoms with van der Waals surface area (Å²) in [7, 11) is -3.59. The van der Waals surface area contributed by atoms with Crippen LogP contribution in [0.15, 0.2) is 53.4 Å². The van der Waals surface area contributed by atoms with Crippen molar-refractivity contribution in [1.82, 2.24) is 9.29 Å². The molecular formula is C29H33N3O3S3. The number of carbonyl (C=O) groups excluding carboxylic acids is 1. The molecule has 4 aromatic rings. The number of hydrogen-bond donors (Lipinski definition) is 1. The highest BCUT2D eigenvalue weighted by Crippen LogP contribution is 2.46. The van der Waals surface area contributed by atoms with Gasteiger partial charge in [-0.05, 0) is 74.1 Å². The van der Waals surface area contributed by atoms with Gasteiger partial charge in [0.2, 0.25) is 10.0 Å². The number of aromatic nitrogens is 1. The van der Waals surface area contributed by atoms with Crippen LogP contribution in [0.5, 0.6) is 0 Å². The maximum atomic E-state index is 13.4. The second kappa shape index (κ2) is 11.7. The van der Waals surface area contributed by atoms with Gasteiger partial charge in [-0.1, -0.05) is 38.8 Å². The van der Waals surface area contributed by atoms with Crippen LogP contribution >= 0.6 is 22.7 Å². The topological polar surface area (TPSA) is 79.4 Å². The minimum atomic E-state index is -3.59. The van der Waals surface area contributed by atoms with Crippen LogP contribution in [0.1, 0.15) is 66.8 Å². The number of fused-ring (bicyclic) bond motifs is 2. The van der Waals surface area contributed by atoms with Gasteiger partial charge in [0.25, 0.3) is 5.91 Å². The quantitative estimate of drug-likeness (QED) is 0.214. The van der Waals surface area contributed by atoms with Crippen LogP contribution in [0.4, 0.5) is 5.00 Å². The van der Waals surface area contributed by atoms with Crippen LogP contribution in [-0.4, -0.2) is 36.7 Å². The molecule has 1 aliphatic rings. The van der Waals surface area contributed by atoms with E-state index in [1.165, 1.54) is 33.3 Å². The Balaban J connectivity index is 1.44. The summed E-state index contributed by atoms with van der Waals surface area (Å²) in [6, 6.07) is 14.4. The monoisotopic (exact) mass is 567 g/mol. The van der Waals surface area contributed by atoms with Crippen molar-refractivity contribution in [2.45, 2.75) is 63.7 Å². The van der Waals surface area contributed by atoms with Gasteiger partial charge in [-0.3, -0.25) is 4.79 Å². The summed E-state index contributed by atoms with van der Waals surface area (Å²) in [6.07, 6.45) is 7.26. The second-order valence-corrected chi connectivity index (χ2v) is 13.7. The van der Waals surface area contributed by atoms with Gasteiger partial charge in [0.05, 0.1) is 15.1 Å². The van der Waals surface area contributed by atoms with Crippen molar-refractivity contribution < 1.29 is 13.2 Å². The van der Waals surface area contributed by atoms with Crippen LogP contribution in [0.3, 0.4) is 0 Å². The van der Waals surface area contributed by atoms with Crippen molar-refractivity contribution in [3.63, 3.8) is 0 Å². The van der Waals surface area contributed by atoms with Gasteiger partial charge < -0.3 is 5.32 Å². The first kappa shape index (κ1) is 27.0. The third-order valence-corrected chi connectivity index (χ3v) is 11.3. The molecule has 0 saturated carbocycles. The Bertz CT molecular complexity index is 1510. The lowest BCUT2D eigenvalue weighted by Crippen LogP contribution is -2.31. The third-order valence-electron chi connectivity index (χ3n) is 7.02. The Morgan fingerprint density at radius 3 is 2.50 bits per heavy atom. The number of carbonyl (C=O) groups is 1. The van der Waals surface area contributed by atoms with E-state index in [0.717, 1.165) is 64.3 Å². The number of rotatable bonds is 9. The molecule has 2 heterocycles. The van der Waals surface area contributed by atoms with Crippen molar-refractivity contribution in [3.8, 4) is 10.6 Å². The van der Waals surface area contributed by atoms with E-state index in [0.29, 0.717) is 18.7 Å². The number of thiazole rings is 1. The number of thiophene rings is 1. The fourth-order valence-electron chi connectivity index (χ4n) is 4.92. The van der Waals surface area contributed by atoms with E-state index in [1.807, 2.05) is 32.0 Å². The van der Waals surface area contributed by atoms with Gasteiger partial charge in [-0.15, -0.1) is 22.7 Å². The molecule has 1 N–H and O–H groups in total. The highest BCUT2D eigenvalue weighted by molar-refractivity contribution is 7.89. The summed E-state index contributed by atoms with van der Waals surface area (Å²) in [6.45, 7) is 4.81. The smallest absolute Gasteiger partial charge is 0.256 e. The Labute approximate surface area is 232 Å². The summed E-state index contributed by atoms with van der Waals surface area (Å²) < 4.78 is 28.8. The van der Waals surface area contributed by atoms with Gasteiger partial charge in [0.1, 0.15) is 10.0 Å². The van der Waals surface area contributed by atoms with Crippen molar-refractivity contribution in [1.29, 1.82) is 0 Å². The maximum absolute atomic E-state index is 13.4. The van der Waals surface area contributed by atoms with Crippen LogP contribution in [0, 0.1) is 0 Å². The molecule has 38 heavy (non-hydrogen) atoms. The molecule has 0 saturated heterocycles. The lowest BCUT2D eigenvalue weighted by atomic mass is 10.1. The first-order valence-corrected chi connectivity index (χ1v) is 16.4. The molecule has 1 aliphatic carbocycles. The van der Waals surface area contributed by atoms with Crippen LogP contribution < -0.4 is 5.32 Å². The largest absolute Gasteiger partial charge is 0.313 e. The van der Waals surface area contributed by atoms with E-state index in [1.54, 1.807) is 34.8 Å². The van der Waals surface area contributed by atoms with Gasteiger partial charge in [-0.2, -0.15) is 4.31 Å². The second-order valence-electron chi connectivity index (χ2n) is 9.58. The zero-order valence-electron chi connectivity index (χ0n) is 21.8. The Morgan fingerprint density at radius 2 is 1.76 bits per heavy atom. The van der Waals surface area contributed by atoms with Crippen LogP contribution in [0.25, 0.3) is 20.8 Å². The minimum Gasteiger partial charge on any atom is -0.313 e. The summed E-state index contributed by atoms with van der Waals surface area (Å²) in [5.41, 5.74) is 3.76. The summed E-state index contributed by atoms with van der Waals surface area (Å²) in [4.78, 5) is 19.8. The molecule has 2 aromatic carbocycles. The molecule has 0 atom stereocenters. The standard InChI is InChI=1S/C29H33N3O3S3/c1-3-5-19-32(4-2)38(34,35)21-17-15-20(16-18-21)27(33)31-29-26(22-11-7-6-8-13-24(22)36-29)28-30-23-12-9-10-14-25(23)37-28/h9-10,12,14-18H,3-8,11,13,19H2,1-2H3,(H,31,33). The number of nitrogens with zero attached hydrogens (tertiary/aromatic N) is 2. The lowest BCUT2D eigenvalue weighted by molar-refractivity contribution is 0.102. The molecule has 0 aliphatic heterocycles. The highest BCUT2D eigenvalue weighted by atomic mass is 32.2. The maximum Gasteiger partial charge on any atom is 0.256 e. The van der Waals surface area contributed by atoms with Gasteiger partial charge >= 0.3 is 0 Å². The first-order chi connectivity index (χ1) is 18.4. The zero-order valence-corrected chi connectivity index (χ0v) is 24.3. The molecule has 2 aromatic heterocycles. The number of hydrogen-bond acceptors (Lipinski definition) is 6. The third kappa shape index (κ3) is 5.43. The molecule has 200 valence electrons. The van der Waals surface area contributed by atoms with Crippen molar-refractivity contribution >= 4 is 53.8 Å². The zero-order chi connectivity index (χ0) is 26.7. The number of nitrogens with one attached hydrogen (secondary N) is 1. The number of sulfonamides is 1. The molecule has 5 rings (SSSR count). The number of aryl methyl sites for hydroxylation is 1.